The van der Waals surface area contributed by atoms with Gasteiger partial charge < -0.3 is 9.47 Å². The number of ether oxygens (including phenoxy) is 2. The number of hydrogen-bond donors (Lipinski definition) is 0. The molecule has 158 valence electrons. The third-order valence-electron chi connectivity index (χ3n) is 7.24. The van der Waals surface area contributed by atoms with Crippen LogP contribution in [-0.2, 0) is 23.9 Å². The van der Waals surface area contributed by atoms with E-state index in [4.69, 9.17) is 4.74 Å². The first-order valence-electron chi connectivity index (χ1n) is 9.83. The van der Waals surface area contributed by atoms with E-state index < -0.39 is 53.5 Å². The predicted molar refractivity (Wildman–Crippen MR) is 91.8 cm³/mol. The molecule has 1 heterocycles. The van der Waals surface area contributed by atoms with Crippen molar-refractivity contribution >= 4 is 17.7 Å². The number of fused-ring (bicyclic) bond motifs is 1. The standard InChI is InChI=1S/C20H27F3O5/c1-6-19(4,5)16(24)8(2)12-10-7-11-14(18(26)28-15(11)12)13(10)17(25)27-9(3)20(21,22)23/h8-15H,6-7H2,1-5H3. The van der Waals surface area contributed by atoms with Gasteiger partial charge in [0.25, 0.3) is 0 Å². The lowest BCUT2D eigenvalue weighted by atomic mass is 9.66. The van der Waals surface area contributed by atoms with Crippen molar-refractivity contribution in [2.75, 3.05) is 0 Å². The van der Waals surface area contributed by atoms with Crippen molar-refractivity contribution in [1.82, 2.24) is 0 Å². The van der Waals surface area contributed by atoms with Crippen LogP contribution in [0.3, 0.4) is 0 Å². The number of halogens is 3. The molecule has 1 saturated heterocycles. The van der Waals surface area contributed by atoms with E-state index in [1.165, 1.54) is 0 Å². The third-order valence-corrected chi connectivity index (χ3v) is 7.24. The van der Waals surface area contributed by atoms with Gasteiger partial charge in [0.1, 0.15) is 11.9 Å². The molecule has 28 heavy (non-hydrogen) atoms. The molecule has 5 nitrogen and oxygen atoms in total. The molecule has 0 spiro atoms. The summed E-state index contributed by atoms with van der Waals surface area (Å²) in [5.41, 5.74) is -0.565. The van der Waals surface area contributed by atoms with Gasteiger partial charge in [-0.15, -0.1) is 0 Å². The molecule has 2 bridgehead atoms. The molecule has 0 aromatic carbocycles. The third kappa shape index (κ3) is 3.12. The Balaban J connectivity index is 1.86. The van der Waals surface area contributed by atoms with Crippen LogP contribution in [0.1, 0.15) is 47.5 Å². The van der Waals surface area contributed by atoms with Crippen molar-refractivity contribution in [3.05, 3.63) is 0 Å². The lowest BCUT2D eigenvalue weighted by Crippen LogP contribution is -2.45. The number of Topliss-reactive ketones (excluding diaryl/α,β-unsaturated/α-hetero) is 1. The van der Waals surface area contributed by atoms with Crippen LogP contribution in [0.5, 0.6) is 0 Å². The Bertz CT molecular complexity index is 686. The topological polar surface area (TPSA) is 69.7 Å². The lowest BCUT2D eigenvalue weighted by Gasteiger charge is -2.37. The molecule has 2 saturated carbocycles. The van der Waals surface area contributed by atoms with Gasteiger partial charge in [0.05, 0.1) is 11.8 Å². The summed E-state index contributed by atoms with van der Waals surface area (Å²) in [7, 11) is 0. The Morgan fingerprint density at radius 3 is 2.36 bits per heavy atom. The molecule has 0 aromatic heterocycles. The predicted octanol–water partition coefficient (Wildman–Crippen LogP) is 3.55. The summed E-state index contributed by atoms with van der Waals surface area (Å²) in [6.07, 6.45) is -6.23. The highest BCUT2D eigenvalue weighted by Gasteiger charge is 2.70. The van der Waals surface area contributed by atoms with Gasteiger partial charge in [0.15, 0.2) is 6.10 Å². The van der Waals surface area contributed by atoms with E-state index in [1.54, 1.807) is 6.92 Å². The van der Waals surface area contributed by atoms with Gasteiger partial charge in [-0.3, -0.25) is 14.4 Å². The molecule has 3 rings (SSSR count). The van der Waals surface area contributed by atoms with E-state index in [1.807, 2.05) is 20.8 Å². The largest absolute Gasteiger partial charge is 0.461 e. The van der Waals surface area contributed by atoms with Crippen LogP contribution in [-0.4, -0.2) is 36.1 Å². The molecule has 0 radical (unpaired) electrons. The Kier molecular flexibility index (Phi) is 5.08. The van der Waals surface area contributed by atoms with Crippen molar-refractivity contribution in [2.45, 2.75) is 65.8 Å². The summed E-state index contributed by atoms with van der Waals surface area (Å²) in [5, 5.41) is 0. The number of carbonyl (C=O) groups excluding carboxylic acids is 3. The average molecular weight is 404 g/mol. The highest BCUT2D eigenvalue weighted by Crippen LogP contribution is 2.63. The molecule has 3 fully saturated rings. The van der Waals surface area contributed by atoms with Crippen molar-refractivity contribution in [3.8, 4) is 0 Å². The van der Waals surface area contributed by atoms with Crippen LogP contribution in [0, 0.1) is 40.9 Å². The summed E-state index contributed by atoms with van der Waals surface area (Å²) in [4.78, 5) is 37.9. The Morgan fingerprint density at radius 2 is 1.82 bits per heavy atom. The van der Waals surface area contributed by atoms with Crippen LogP contribution in [0.2, 0.25) is 0 Å². The van der Waals surface area contributed by atoms with Crippen LogP contribution >= 0.6 is 0 Å². The molecule has 2 aliphatic carbocycles. The summed E-state index contributed by atoms with van der Waals surface area (Å²) >= 11 is 0. The molecular formula is C20H27F3O5. The second-order valence-corrected chi connectivity index (χ2v) is 9.10. The number of rotatable bonds is 6. The molecule has 0 aromatic rings. The summed E-state index contributed by atoms with van der Waals surface area (Å²) < 4.78 is 48.6. The first-order valence-corrected chi connectivity index (χ1v) is 9.83. The van der Waals surface area contributed by atoms with Gasteiger partial charge in [0, 0.05) is 23.2 Å². The molecular weight excluding hydrogens is 377 g/mol. The zero-order valence-electron chi connectivity index (χ0n) is 16.7. The summed E-state index contributed by atoms with van der Waals surface area (Å²) in [5.74, 6) is -4.75. The second-order valence-electron chi connectivity index (χ2n) is 9.10. The van der Waals surface area contributed by atoms with E-state index >= 15 is 0 Å². The number of ketones is 1. The highest BCUT2D eigenvalue weighted by atomic mass is 19.4. The lowest BCUT2D eigenvalue weighted by molar-refractivity contribution is -0.220. The zero-order chi connectivity index (χ0) is 21.2. The smallest absolute Gasteiger partial charge is 0.425 e. The summed E-state index contributed by atoms with van der Waals surface area (Å²) in [6.45, 7) is 8.15. The SMILES string of the molecule is CCC(C)(C)C(=O)C(C)C1C2CC3C1OC(=O)C3C2C(=O)OC(C)C(F)(F)F. The number of hydrogen-bond acceptors (Lipinski definition) is 5. The van der Waals surface area contributed by atoms with Gasteiger partial charge in [-0.2, -0.15) is 13.2 Å². The Labute approximate surface area is 162 Å². The van der Waals surface area contributed by atoms with E-state index in [-0.39, 0.29) is 23.5 Å². The zero-order valence-corrected chi connectivity index (χ0v) is 16.7. The van der Waals surface area contributed by atoms with E-state index in [0.717, 1.165) is 6.92 Å². The van der Waals surface area contributed by atoms with Crippen LogP contribution in [0.15, 0.2) is 0 Å². The number of carbonyl (C=O) groups is 3. The molecule has 0 N–H and O–H groups in total. The molecule has 8 atom stereocenters. The minimum Gasteiger partial charge on any atom is -0.461 e. The number of esters is 2. The minimum atomic E-state index is -4.67. The molecule has 3 aliphatic rings. The fourth-order valence-corrected chi connectivity index (χ4v) is 5.37. The summed E-state index contributed by atoms with van der Waals surface area (Å²) in [6, 6.07) is 0. The Hall–Kier alpha value is -1.60. The minimum absolute atomic E-state index is 0.0165. The molecule has 8 heteroatoms. The van der Waals surface area contributed by atoms with Crippen LogP contribution in [0.4, 0.5) is 13.2 Å². The molecule has 0 amide bonds. The van der Waals surface area contributed by atoms with E-state index in [0.29, 0.717) is 12.8 Å². The Morgan fingerprint density at radius 1 is 1.21 bits per heavy atom. The van der Waals surface area contributed by atoms with E-state index in [2.05, 4.69) is 4.74 Å². The molecule has 8 unspecified atom stereocenters. The van der Waals surface area contributed by atoms with Gasteiger partial charge in [-0.1, -0.05) is 27.7 Å². The highest BCUT2D eigenvalue weighted by molar-refractivity contribution is 5.89. The van der Waals surface area contributed by atoms with Crippen molar-refractivity contribution in [2.24, 2.45) is 40.9 Å². The maximum atomic E-state index is 13.0. The number of alkyl halides is 3. The normalized spacial score (nSPS) is 36.2. The maximum absolute atomic E-state index is 13.0. The van der Waals surface area contributed by atoms with Crippen LogP contribution < -0.4 is 0 Å². The average Bonchev–Trinajstić information content (AvgIpc) is 3.20. The van der Waals surface area contributed by atoms with Crippen molar-refractivity contribution in [3.63, 3.8) is 0 Å². The van der Waals surface area contributed by atoms with Gasteiger partial charge in [-0.25, -0.2) is 0 Å². The molecule has 1 aliphatic heterocycles. The van der Waals surface area contributed by atoms with Gasteiger partial charge in [-0.05, 0) is 25.7 Å². The monoisotopic (exact) mass is 404 g/mol. The maximum Gasteiger partial charge on any atom is 0.425 e. The quantitative estimate of drug-likeness (QED) is 0.634. The van der Waals surface area contributed by atoms with Crippen molar-refractivity contribution in [1.29, 1.82) is 0 Å². The second kappa shape index (κ2) is 6.73. The first kappa shape index (κ1) is 21.1. The van der Waals surface area contributed by atoms with Crippen molar-refractivity contribution < 1.29 is 37.0 Å². The fraction of sp³-hybridized carbons (Fsp3) is 0.850. The van der Waals surface area contributed by atoms with Gasteiger partial charge >= 0.3 is 18.1 Å². The van der Waals surface area contributed by atoms with Gasteiger partial charge in [0.2, 0.25) is 0 Å². The first-order chi connectivity index (χ1) is 12.8. The fourth-order valence-electron chi connectivity index (χ4n) is 5.37. The van der Waals surface area contributed by atoms with Crippen LogP contribution in [0.25, 0.3) is 0 Å². The van der Waals surface area contributed by atoms with E-state index in [9.17, 15) is 27.6 Å².